The van der Waals surface area contributed by atoms with Crippen molar-refractivity contribution in [2.75, 3.05) is 18.8 Å². The van der Waals surface area contributed by atoms with Gasteiger partial charge in [-0.25, -0.2) is 9.97 Å². The highest BCUT2D eigenvalue weighted by atomic mass is 32.2. The van der Waals surface area contributed by atoms with E-state index in [1.165, 1.54) is 11.3 Å². The van der Waals surface area contributed by atoms with Crippen molar-refractivity contribution in [1.29, 1.82) is 0 Å². The van der Waals surface area contributed by atoms with E-state index in [0.29, 0.717) is 30.0 Å². The molecule has 1 saturated heterocycles. The highest BCUT2D eigenvalue weighted by Gasteiger charge is 2.32. The molecule has 0 spiro atoms. The van der Waals surface area contributed by atoms with E-state index in [-0.39, 0.29) is 17.2 Å². The van der Waals surface area contributed by atoms with Crippen LogP contribution in [0.5, 0.6) is 0 Å². The van der Waals surface area contributed by atoms with Gasteiger partial charge in [-0.1, -0.05) is 29.8 Å². The first-order valence-electron chi connectivity index (χ1n) is 10.5. The van der Waals surface area contributed by atoms with Crippen molar-refractivity contribution in [2.45, 2.75) is 12.3 Å². The molecule has 1 N–H and O–H groups in total. The normalized spacial score (nSPS) is 15.7. The van der Waals surface area contributed by atoms with E-state index in [4.69, 9.17) is 0 Å². The third-order valence-corrected chi connectivity index (χ3v) is 7.58. The van der Waals surface area contributed by atoms with Gasteiger partial charge in [0.2, 0.25) is 0 Å². The van der Waals surface area contributed by atoms with Crippen molar-refractivity contribution in [1.82, 2.24) is 25.2 Å². The van der Waals surface area contributed by atoms with Crippen molar-refractivity contribution in [3.05, 3.63) is 77.2 Å². The quantitative estimate of drug-likeness (QED) is 0.469. The smallest absolute Gasteiger partial charge is 0.275 e. The van der Waals surface area contributed by atoms with E-state index in [0.717, 1.165) is 27.1 Å². The first kappa shape index (κ1) is 21.5. The van der Waals surface area contributed by atoms with Crippen molar-refractivity contribution < 1.29 is 9.59 Å². The lowest BCUT2D eigenvalue weighted by Crippen LogP contribution is -2.42. The van der Waals surface area contributed by atoms with Crippen molar-refractivity contribution >= 4 is 45.1 Å². The molecule has 5 rings (SSSR count). The van der Waals surface area contributed by atoms with Crippen molar-refractivity contribution in [2.24, 2.45) is 0 Å². The summed E-state index contributed by atoms with van der Waals surface area (Å²) in [6, 6.07) is 13.4. The molecule has 166 valence electrons. The number of nitrogens with zero attached hydrogens (tertiary/aromatic N) is 4. The zero-order chi connectivity index (χ0) is 22.8. The van der Waals surface area contributed by atoms with Crippen LogP contribution in [0.3, 0.4) is 0 Å². The fourth-order valence-corrected chi connectivity index (χ4v) is 5.85. The number of nitrogens with one attached hydrogen (secondary N) is 1. The molecule has 9 heteroatoms. The van der Waals surface area contributed by atoms with Gasteiger partial charge in [-0.3, -0.25) is 14.6 Å². The van der Waals surface area contributed by atoms with Crippen molar-refractivity contribution in [3.8, 4) is 11.3 Å². The highest BCUT2D eigenvalue weighted by molar-refractivity contribution is 8.00. The van der Waals surface area contributed by atoms with E-state index < -0.39 is 0 Å². The fraction of sp³-hybridized carbons (Fsp3) is 0.208. The molecule has 1 aliphatic heterocycles. The zero-order valence-electron chi connectivity index (χ0n) is 17.9. The predicted molar refractivity (Wildman–Crippen MR) is 131 cm³/mol. The third kappa shape index (κ3) is 4.34. The number of aromatic nitrogens is 3. The summed E-state index contributed by atoms with van der Waals surface area (Å²) in [5.41, 5.74) is 6.00. The van der Waals surface area contributed by atoms with Crippen LogP contribution in [-0.2, 0) is 0 Å². The molecular weight excluding hydrogens is 454 g/mol. The van der Waals surface area contributed by atoms with E-state index in [1.54, 1.807) is 40.6 Å². The van der Waals surface area contributed by atoms with Crippen LogP contribution < -0.4 is 5.32 Å². The van der Waals surface area contributed by atoms with E-state index in [2.05, 4.69) is 20.3 Å². The highest BCUT2D eigenvalue weighted by Crippen LogP contribution is 2.28. The summed E-state index contributed by atoms with van der Waals surface area (Å²) in [6.07, 6.45) is 3.15. The van der Waals surface area contributed by atoms with Crippen LogP contribution in [0.2, 0.25) is 0 Å². The first-order valence-corrected chi connectivity index (χ1v) is 12.5. The number of carbonyl (C=O) groups excluding carboxylic acids is 2. The summed E-state index contributed by atoms with van der Waals surface area (Å²) in [4.78, 5) is 41.2. The predicted octanol–water partition coefficient (Wildman–Crippen LogP) is 4.01. The second kappa shape index (κ2) is 9.29. The molecule has 0 aliphatic carbocycles. The van der Waals surface area contributed by atoms with Gasteiger partial charge < -0.3 is 10.2 Å². The second-order valence-electron chi connectivity index (χ2n) is 7.66. The SMILES string of the molecule is Cc1cccc(-c2nccnc2C(=O)N2CCSC2CNC(=O)c2cccc3ncsc23)c1. The largest absolute Gasteiger partial charge is 0.349 e. The lowest BCUT2D eigenvalue weighted by Gasteiger charge is -2.24. The minimum Gasteiger partial charge on any atom is -0.349 e. The van der Waals surface area contributed by atoms with Crippen LogP contribution in [0.4, 0.5) is 0 Å². The molecule has 1 fully saturated rings. The van der Waals surface area contributed by atoms with Crippen LogP contribution >= 0.6 is 23.1 Å². The van der Waals surface area contributed by atoms with Gasteiger partial charge in [0, 0.05) is 36.8 Å². The Morgan fingerprint density at radius 2 is 1.97 bits per heavy atom. The minimum absolute atomic E-state index is 0.162. The summed E-state index contributed by atoms with van der Waals surface area (Å²) >= 11 is 3.10. The van der Waals surface area contributed by atoms with E-state index in [1.807, 2.05) is 43.3 Å². The number of benzene rings is 2. The van der Waals surface area contributed by atoms with Gasteiger partial charge in [0.05, 0.1) is 26.7 Å². The molecule has 0 saturated carbocycles. The second-order valence-corrected chi connectivity index (χ2v) is 9.80. The zero-order valence-corrected chi connectivity index (χ0v) is 19.5. The molecule has 4 aromatic rings. The summed E-state index contributed by atoms with van der Waals surface area (Å²) in [7, 11) is 0. The van der Waals surface area contributed by atoms with Crippen LogP contribution in [0.15, 0.2) is 60.4 Å². The molecule has 7 nitrogen and oxygen atoms in total. The van der Waals surface area contributed by atoms with Crippen molar-refractivity contribution in [3.63, 3.8) is 0 Å². The fourth-order valence-electron chi connectivity index (χ4n) is 3.90. The maximum absolute atomic E-state index is 13.5. The Kier molecular flexibility index (Phi) is 6.06. The van der Waals surface area contributed by atoms with Gasteiger partial charge >= 0.3 is 0 Å². The summed E-state index contributed by atoms with van der Waals surface area (Å²) in [5, 5.41) is 2.83. The average molecular weight is 476 g/mol. The van der Waals surface area contributed by atoms with Crippen LogP contribution in [0.25, 0.3) is 21.5 Å². The Morgan fingerprint density at radius 1 is 1.12 bits per heavy atom. The maximum atomic E-state index is 13.5. The maximum Gasteiger partial charge on any atom is 0.275 e. The van der Waals surface area contributed by atoms with Gasteiger partial charge in [0.15, 0.2) is 5.69 Å². The number of amides is 2. The molecule has 1 aliphatic rings. The Morgan fingerprint density at radius 3 is 2.85 bits per heavy atom. The first-order chi connectivity index (χ1) is 16.1. The topological polar surface area (TPSA) is 88.1 Å². The lowest BCUT2D eigenvalue weighted by molar-refractivity contribution is 0.0746. The number of thioether (sulfide) groups is 1. The van der Waals surface area contributed by atoms with Crippen LogP contribution in [-0.4, -0.2) is 55.9 Å². The summed E-state index contributed by atoms with van der Waals surface area (Å²) in [6.45, 7) is 2.95. The van der Waals surface area contributed by atoms with Crippen LogP contribution in [0, 0.1) is 6.92 Å². The molecule has 1 unspecified atom stereocenters. The molecule has 33 heavy (non-hydrogen) atoms. The molecule has 3 heterocycles. The van der Waals surface area contributed by atoms with E-state index >= 15 is 0 Å². The van der Waals surface area contributed by atoms with Gasteiger partial charge in [0.1, 0.15) is 5.69 Å². The number of hydrogen-bond donors (Lipinski definition) is 1. The number of rotatable bonds is 5. The summed E-state index contributed by atoms with van der Waals surface area (Å²) in [5.74, 6) is 0.467. The number of carbonyl (C=O) groups is 2. The molecule has 2 aromatic carbocycles. The Bertz CT molecular complexity index is 1340. The monoisotopic (exact) mass is 475 g/mol. The minimum atomic E-state index is -0.173. The molecule has 0 bridgehead atoms. The summed E-state index contributed by atoms with van der Waals surface area (Å²) < 4.78 is 0.865. The third-order valence-electron chi connectivity index (χ3n) is 5.48. The van der Waals surface area contributed by atoms with Gasteiger partial charge in [0.25, 0.3) is 11.8 Å². The number of thiazole rings is 1. The standard InChI is InChI=1S/C24H21N5O2S2/c1-15-4-2-5-16(12-15)20-21(26-9-8-25-20)24(31)29-10-11-32-19(29)13-27-23(30)17-6-3-7-18-22(17)33-14-28-18/h2-9,12,14,19H,10-11,13H2,1H3,(H,27,30). The molecular formula is C24H21N5O2S2. The molecule has 2 aromatic heterocycles. The van der Waals surface area contributed by atoms with E-state index in [9.17, 15) is 9.59 Å². The number of hydrogen-bond acceptors (Lipinski definition) is 7. The van der Waals surface area contributed by atoms with Gasteiger partial charge in [-0.05, 0) is 25.1 Å². The number of fused-ring (bicyclic) bond motifs is 1. The Hall–Kier alpha value is -3.30. The lowest BCUT2D eigenvalue weighted by atomic mass is 10.1. The molecule has 2 amide bonds. The van der Waals surface area contributed by atoms with Gasteiger partial charge in [-0.15, -0.1) is 23.1 Å². The van der Waals surface area contributed by atoms with Gasteiger partial charge in [-0.2, -0.15) is 0 Å². The molecule has 1 atom stereocenters. The Balaban J connectivity index is 1.34. The van der Waals surface area contributed by atoms with Crippen LogP contribution in [0.1, 0.15) is 26.4 Å². The average Bonchev–Trinajstić information content (AvgIpc) is 3.51. The molecule has 0 radical (unpaired) electrons. The number of aryl methyl sites for hydroxylation is 1. The Labute approximate surface area is 199 Å².